The molecule has 4 rings (SSSR count). The van der Waals surface area contributed by atoms with E-state index in [4.69, 9.17) is 23.1 Å². The standard InChI is InChI=1S/C23H24ClN5O/c24-18-8-6-15(7-9-18)10-12-29-11-2-5-20(29)21-19(14-27-23(26)28-21)16-3-1-4-17(13-16)22(25)30/h1,3-4,6-9,13-14,20H,2,5,10-12H2,(H2,25,30)(H2,26,27,28)/t20-/m1/s1. The first-order valence-electron chi connectivity index (χ1n) is 10.0. The van der Waals surface area contributed by atoms with Crippen LogP contribution >= 0.6 is 11.6 Å². The second-order valence-corrected chi connectivity index (χ2v) is 7.98. The van der Waals surface area contributed by atoms with E-state index >= 15 is 0 Å². The summed E-state index contributed by atoms with van der Waals surface area (Å²) >= 11 is 6.00. The quantitative estimate of drug-likeness (QED) is 0.629. The molecule has 1 amide bonds. The molecule has 0 unspecified atom stereocenters. The van der Waals surface area contributed by atoms with Gasteiger partial charge in [0.05, 0.1) is 11.7 Å². The van der Waals surface area contributed by atoms with Crippen LogP contribution in [0.5, 0.6) is 0 Å². The Morgan fingerprint density at radius 1 is 1.20 bits per heavy atom. The summed E-state index contributed by atoms with van der Waals surface area (Å²) in [5.41, 5.74) is 15.8. The summed E-state index contributed by atoms with van der Waals surface area (Å²) in [6.45, 7) is 1.92. The van der Waals surface area contributed by atoms with Crippen molar-refractivity contribution < 1.29 is 4.79 Å². The third-order valence-electron chi connectivity index (χ3n) is 5.58. The zero-order valence-corrected chi connectivity index (χ0v) is 17.3. The number of hydrogen-bond acceptors (Lipinski definition) is 5. The highest BCUT2D eigenvalue weighted by molar-refractivity contribution is 6.30. The van der Waals surface area contributed by atoms with Gasteiger partial charge >= 0.3 is 0 Å². The molecule has 1 atom stereocenters. The maximum absolute atomic E-state index is 11.6. The number of carbonyl (C=O) groups is 1. The molecule has 6 nitrogen and oxygen atoms in total. The van der Waals surface area contributed by atoms with Gasteiger partial charge in [-0.3, -0.25) is 9.69 Å². The van der Waals surface area contributed by atoms with Gasteiger partial charge in [0.25, 0.3) is 0 Å². The number of likely N-dealkylation sites (tertiary alicyclic amines) is 1. The largest absolute Gasteiger partial charge is 0.368 e. The highest BCUT2D eigenvalue weighted by atomic mass is 35.5. The molecule has 154 valence electrons. The number of rotatable bonds is 6. The molecule has 1 aliphatic heterocycles. The van der Waals surface area contributed by atoms with Crippen LogP contribution in [0.3, 0.4) is 0 Å². The molecular formula is C23H24ClN5O. The van der Waals surface area contributed by atoms with Gasteiger partial charge in [0.1, 0.15) is 0 Å². The number of halogens is 1. The van der Waals surface area contributed by atoms with E-state index in [1.165, 1.54) is 5.56 Å². The van der Waals surface area contributed by atoms with Crippen molar-refractivity contribution in [3.63, 3.8) is 0 Å². The van der Waals surface area contributed by atoms with E-state index in [1.54, 1.807) is 18.3 Å². The molecule has 0 saturated carbocycles. The lowest BCUT2D eigenvalue weighted by Gasteiger charge is -2.26. The normalized spacial score (nSPS) is 16.6. The van der Waals surface area contributed by atoms with Gasteiger partial charge in [-0.25, -0.2) is 9.97 Å². The molecule has 30 heavy (non-hydrogen) atoms. The van der Waals surface area contributed by atoms with Gasteiger partial charge in [0.15, 0.2) is 0 Å². The lowest BCUT2D eigenvalue weighted by Crippen LogP contribution is -2.27. The van der Waals surface area contributed by atoms with Gasteiger partial charge in [-0.15, -0.1) is 0 Å². The number of aromatic nitrogens is 2. The summed E-state index contributed by atoms with van der Waals surface area (Å²) in [7, 11) is 0. The second-order valence-electron chi connectivity index (χ2n) is 7.54. The Labute approximate surface area is 180 Å². The van der Waals surface area contributed by atoms with Crippen LogP contribution in [0.1, 0.15) is 40.5 Å². The number of nitrogen functional groups attached to an aromatic ring is 1. The van der Waals surface area contributed by atoms with Crippen LogP contribution in [-0.4, -0.2) is 33.9 Å². The van der Waals surface area contributed by atoms with Crippen LogP contribution < -0.4 is 11.5 Å². The summed E-state index contributed by atoms with van der Waals surface area (Å²) in [4.78, 5) is 22.9. The minimum atomic E-state index is -0.458. The van der Waals surface area contributed by atoms with Crippen molar-refractivity contribution in [3.8, 4) is 11.1 Å². The van der Waals surface area contributed by atoms with Crippen molar-refractivity contribution in [1.82, 2.24) is 14.9 Å². The molecule has 1 saturated heterocycles. The molecule has 0 aliphatic carbocycles. The number of anilines is 1. The summed E-state index contributed by atoms with van der Waals surface area (Å²) in [5.74, 6) is -0.204. The minimum Gasteiger partial charge on any atom is -0.368 e. The van der Waals surface area contributed by atoms with Crippen molar-refractivity contribution in [3.05, 3.63) is 76.6 Å². The molecule has 1 fully saturated rings. The molecular weight excluding hydrogens is 398 g/mol. The SMILES string of the molecule is NC(=O)c1cccc(-c2cnc(N)nc2[C@H]2CCCN2CCc2ccc(Cl)cc2)c1. The van der Waals surface area contributed by atoms with E-state index in [0.29, 0.717) is 5.56 Å². The van der Waals surface area contributed by atoms with Crippen LogP contribution in [0.4, 0.5) is 5.95 Å². The number of amides is 1. The number of benzene rings is 2. The van der Waals surface area contributed by atoms with E-state index in [9.17, 15) is 4.79 Å². The van der Waals surface area contributed by atoms with Gasteiger partial charge in [-0.2, -0.15) is 0 Å². The fourth-order valence-electron chi connectivity index (χ4n) is 4.05. The number of primary amides is 1. The van der Waals surface area contributed by atoms with Gasteiger partial charge in [0, 0.05) is 28.9 Å². The van der Waals surface area contributed by atoms with Gasteiger partial charge in [-0.05, 0) is 61.2 Å². The van der Waals surface area contributed by atoms with Crippen molar-refractivity contribution in [1.29, 1.82) is 0 Å². The molecule has 2 heterocycles. The topological polar surface area (TPSA) is 98.1 Å². The van der Waals surface area contributed by atoms with Crippen LogP contribution in [0, 0.1) is 0 Å². The average molecular weight is 422 g/mol. The Hall–Kier alpha value is -2.96. The molecule has 4 N–H and O–H groups in total. The first kappa shape index (κ1) is 20.3. The van der Waals surface area contributed by atoms with E-state index in [1.807, 2.05) is 24.3 Å². The molecule has 2 aromatic carbocycles. The van der Waals surface area contributed by atoms with Crippen molar-refractivity contribution >= 4 is 23.5 Å². The predicted octanol–water partition coefficient (Wildman–Crippen LogP) is 3.86. The summed E-state index contributed by atoms with van der Waals surface area (Å²) in [5, 5.41) is 0.747. The van der Waals surface area contributed by atoms with Crippen molar-refractivity contribution in [2.75, 3.05) is 18.8 Å². The number of hydrogen-bond donors (Lipinski definition) is 2. The lowest BCUT2D eigenvalue weighted by molar-refractivity contribution is 0.100. The molecule has 0 spiro atoms. The zero-order valence-electron chi connectivity index (χ0n) is 16.6. The third kappa shape index (κ3) is 4.45. The van der Waals surface area contributed by atoms with Gasteiger partial charge in [0.2, 0.25) is 11.9 Å². The number of nitrogens with two attached hydrogens (primary N) is 2. The number of nitrogens with zero attached hydrogens (tertiary/aromatic N) is 3. The highest BCUT2D eigenvalue weighted by Gasteiger charge is 2.29. The lowest BCUT2D eigenvalue weighted by atomic mass is 9.98. The summed E-state index contributed by atoms with van der Waals surface area (Å²) in [6.07, 6.45) is 4.77. The van der Waals surface area contributed by atoms with E-state index in [2.05, 4.69) is 27.0 Å². The smallest absolute Gasteiger partial charge is 0.248 e. The van der Waals surface area contributed by atoms with Gasteiger partial charge in [-0.1, -0.05) is 35.9 Å². The first-order chi connectivity index (χ1) is 14.5. The monoisotopic (exact) mass is 421 g/mol. The Kier molecular flexibility index (Phi) is 5.97. The zero-order chi connectivity index (χ0) is 21.1. The fraction of sp³-hybridized carbons (Fsp3) is 0.261. The predicted molar refractivity (Wildman–Crippen MR) is 119 cm³/mol. The molecule has 0 radical (unpaired) electrons. The maximum Gasteiger partial charge on any atom is 0.248 e. The highest BCUT2D eigenvalue weighted by Crippen LogP contribution is 2.37. The van der Waals surface area contributed by atoms with Crippen LogP contribution in [0.2, 0.25) is 5.02 Å². The second kappa shape index (κ2) is 8.81. The molecule has 1 aliphatic rings. The molecule has 1 aromatic heterocycles. The Balaban J connectivity index is 1.62. The Morgan fingerprint density at radius 3 is 2.77 bits per heavy atom. The van der Waals surface area contributed by atoms with Crippen LogP contribution in [0.15, 0.2) is 54.7 Å². The van der Waals surface area contributed by atoms with E-state index < -0.39 is 5.91 Å². The van der Waals surface area contributed by atoms with Crippen LogP contribution in [0.25, 0.3) is 11.1 Å². The van der Waals surface area contributed by atoms with Crippen molar-refractivity contribution in [2.24, 2.45) is 5.73 Å². The summed E-state index contributed by atoms with van der Waals surface area (Å²) < 4.78 is 0. The maximum atomic E-state index is 11.6. The first-order valence-corrected chi connectivity index (χ1v) is 10.4. The Morgan fingerprint density at radius 2 is 2.00 bits per heavy atom. The summed E-state index contributed by atoms with van der Waals surface area (Å²) in [6, 6.07) is 15.4. The molecule has 0 bridgehead atoms. The van der Waals surface area contributed by atoms with Crippen molar-refractivity contribution in [2.45, 2.75) is 25.3 Å². The van der Waals surface area contributed by atoms with Crippen LogP contribution in [-0.2, 0) is 6.42 Å². The third-order valence-corrected chi connectivity index (χ3v) is 5.83. The molecule has 3 aromatic rings. The van der Waals surface area contributed by atoms with Gasteiger partial charge < -0.3 is 11.5 Å². The van der Waals surface area contributed by atoms with E-state index in [0.717, 1.165) is 54.2 Å². The molecule has 7 heteroatoms. The fourth-order valence-corrected chi connectivity index (χ4v) is 4.18. The van der Waals surface area contributed by atoms with E-state index in [-0.39, 0.29) is 12.0 Å². The minimum absolute atomic E-state index is 0.148. The Bertz CT molecular complexity index is 1050. The number of carbonyl (C=O) groups excluding carboxylic acids is 1. The average Bonchev–Trinajstić information content (AvgIpc) is 3.22.